The number of anilines is 7. The first-order valence-electron chi connectivity index (χ1n) is 9.76. The van der Waals surface area contributed by atoms with Gasteiger partial charge in [-0.3, -0.25) is 5.32 Å². The third kappa shape index (κ3) is 5.31. The predicted octanol–water partition coefficient (Wildman–Crippen LogP) is 3.47. The van der Waals surface area contributed by atoms with Crippen LogP contribution >= 0.6 is 0 Å². The van der Waals surface area contributed by atoms with Crippen molar-refractivity contribution >= 4 is 46.3 Å². The largest absolute Gasteiger partial charge is 0.465 e. The van der Waals surface area contributed by atoms with Gasteiger partial charge in [0.25, 0.3) is 0 Å². The Bertz CT molecular complexity index is 1050. The predicted molar refractivity (Wildman–Crippen MR) is 121 cm³/mol. The van der Waals surface area contributed by atoms with Crippen LogP contribution in [-0.2, 0) is 4.74 Å². The summed E-state index contributed by atoms with van der Waals surface area (Å²) >= 11 is 0. The van der Waals surface area contributed by atoms with E-state index in [2.05, 4.69) is 30.8 Å². The number of carbonyl (C=O) groups is 1. The zero-order valence-electron chi connectivity index (χ0n) is 16.7. The smallest absolute Gasteiger partial charge is 0.409 e. The number of ether oxygens (including phenoxy) is 1. The molecule has 0 atom stereocenters. The zero-order valence-corrected chi connectivity index (χ0v) is 16.7. The Hall–Kier alpha value is -4.05. The third-order valence-electron chi connectivity index (χ3n) is 4.69. The molecule has 3 aromatic rings. The SMILES string of the molecule is Nc1cnc(Nc2ccc(N3CCOCC3)cc2)nc1Nc1cccc(NC(=O)O)c1. The molecule has 160 valence electrons. The molecule has 31 heavy (non-hydrogen) atoms. The molecule has 1 amide bonds. The highest BCUT2D eigenvalue weighted by molar-refractivity contribution is 5.84. The summed E-state index contributed by atoms with van der Waals surface area (Å²) in [4.78, 5) is 21.8. The minimum Gasteiger partial charge on any atom is -0.465 e. The average molecular weight is 421 g/mol. The van der Waals surface area contributed by atoms with E-state index >= 15 is 0 Å². The van der Waals surface area contributed by atoms with Gasteiger partial charge in [0.15, 0.2) is 5.82 Å². The van der Waals surface area contributed by atoms with Crippen molar-refractivity contribution in [2.75, 3.05) is 52.9 Å². The number of carboxylic acid groups (broad SMARTS) is 1. The van der Waals surface area contributed by atoms with E-state index in [1.54, 1.807) is 24.3 Å². The Labute approximate surface area is 179 Å². The summed E-state index contributed by atoms with van der Waals surface area (Å²) in [5.74, 6) is 0.797. The third-order valence-corrected chi connectivity index (χ3v) is 4.69. The fourth-order valence-corrected chi connectivity index (χ4v) is 3.19. The van der Waals surface area contributed by atoms with Gasteiger partial charge in [0, 0.05) is 35.8 Å². The number of nitrogen functional groups attached to an aromatic ring is 1. The summed E-state index contributed by atoms with van der Waals surface area (Å²) in [7, 11) is 0. The van der Waals surface area contributed by atoms with Crippen molar-refractivity contribution in [3.63, 3.8) is 0 Å². The first-order valence-corrected chi connectivity index (χ1v) is 9.76. The molecular weight excluding hydrogens is 398 g/mol. The summed E-state index contributed by atoms with van der Waals surface area (Å²) < 4.78 is 5.39. The van der Waals surface area contributed by atoms with Crippen molar-refractivity contribution in [2.24, 2.45) is 0 Å². The summed E-state index contributed by atoms with van der Waals surface area (Å²) in [6.07, 6.45) is 0.379. The van der Waals surface area contributed by atoms with Crippen molar-refractivity contribution in [3.8, 4) is 0 Å². The van der Waals surface area contributed by atoms with E-state index in [4.69, 9.17) is 15.6 Å². The number of nitrogens with two attached hydrogens (primary N) is 1. The highest BCUT2D eigenvalue weighted by Crippen LogP contribution is 2.25. The van der Waals surface area contributed by atoms with Crippen molar-refractivity contribution < 1.29 is 14.6 Å². The van der Waals surface area contributed by atoms with E-state index in [1.807, 2.05) is 24.3 Å². The molecule has 0 unspecified atom stereocenters. The van der Waals surface area contributed by atoms with Gasteiger partial charge in [-0.2, -0.15) is 4.98 Å². The first kappa shape index (κ1) is 20.2. The first-order chi connectivity index (χ1) is 15.1. The van der Waals surface area contributed by atoms with E-state index in [1.165, 1.54) is 6.20 Å². The van der Waals surface area contributed by atoms with E-state index in [-0.39, 0.29) is 0 Å². The van der Waals surface area contributed by atoms with Crippen LogP contribution in [0.2, 0.25) is 0 Å². The molecule has 2 heterocycles. The molecular formula is C21H23N7O3. The number of hydrogen-bond donors (Lipinski definition) is 5. The molecule has 1 saturated heterocycles. The lowest BCUT2D eigenvalue weighted by Crippen LogP contribution is -2.36. The van der Waals surface area contributed by atoms with Crippen LogP contribution in [0, 0.1) is 0 Å². The van der Waals surface area contributed by atoms with Crippen molar-refractivity contribution in [2.45, 2.75) is 0 Å². The summed E-state index contributed by atoms with van der Waals surface area (Å²) in [6, 6.07) is 14.8. The number of nitrogens with one attached hydrogen (secondary N) is 3. The van der Waals surface area contributed by atoms with Gasteiger partial charge in [-0.05, 0) is 42.5 Å². The number of amides is 1. The fourth-order valence-electron chi connectivity index (χ4n) is 3.19. The molecule has 6 N–H and O–H groups in total. The Balaban J connectivity index is 1.46. The molecule has 1 fully saturated rings. The van der Waals surface area contributed by atoms with Crippen LogP contribution < -0.4 is 26.6 Å². The monoisotopic (exact) mass is 421 g/mol. The van der Waals surface area contributed by atoms with Gasteiger partial charge in [-0.25, -0.2) is 9.78 Å². The van der Waals surface area contributed by atoms with Crippen LogP contribution in [0.5, 0.6) is 0 Å². The van der Waals surface area contributed by atoms with Gasteiger partial charge in [0.05, 0.1) is 25.1 Å². The van der Waals surface area contributed by atoms with Crippen LogP contribution in [0.3, 0.4) is 0 Å². The van der Waals surface area contributed by atoms with E-state index in [0.717, 1.165) is 37.7 Å². The van der Waals surface area contributed by atoms with Crippen molar-refractivity contribution in [3.05, 3.63) is 54.7 Å². The van der Waals surface area contributed by atoms with Crippen molar-refractivity contribution in [1.82, 2.24) is 9.97 Å². The Morgan fingerprint density at radius 2 is 1.77 bits per heavy atom. The normalized spacial score (nSPS) is 13.5. The van der Waals surface area contributed by atoms with Gasteiger partial charge in [0.1, 0.15) is 0 Å². The number of morpholine rings is 1. The molecule has 10 nitrogen and oxygen atoms in total. The summed E-state index contributed by atoms with van der Waals surface area (Å²) in [6.45, 7) is 3.24. The highest BCUT2D eigenvalue weighted by Gasteiger charge is 2.11. The maximum atomic E-state index is 10.8. The van der Waals surface area contributed by atoms with Crippen LogP contribution in [0.4, 0.5) is 45.0 Å². The highest BCUT2D eigenvalue weighted by atomic mass is 16.5. The van der Waals surface area contributed by atoms with E-state index < -0.39 is 6.09 Å². The molecule has 2 aromatic carbocycles. The maximum absolute atomic E-state index is 10.8. The second-order valence-corrected chi connectivity index (χ2v) is 6.90. The molecule has 4 rings (SSSR count). The molecule has 1 aromatic heterocycles. The van der Waals surface area contributed by atoms with Gasteiger partial charge < -0.3 is 31.1 Å². The molecule has 1 aliphatic rings. The quantitative estimate of drug-likeness (QED) is 0.405. The lowest BCUT2D eigenvalue weighted by molar-refractivity contribution is 0.122. The second-order valence-electron chi connectivity index (χ2n) is 6.90. The fraction of sp³-hybridized carbons (Fsp3) is 0.190. The standard InChI is InChI=1S/C21H23N7O3/c22-18-13-23-20(25-14-4-6-17(7-5-14)28-8-10-31-11-9-28)27-19(18)24-15-2-1-3-16(12-15)26-21(29)30/h1-7,12-13,26H,8-11,22H2,(H,29,30)(H2,23,24,25,27). The van der Waals surface area contributed by atoms with Gasteiger partial charge in [0.2, 0.25) is 5.95 Å². The second kappa shape index (κ2) is 9.18. The van der Waals surface area contributed by atoms with Crippen LogP contribution in [0.15, 0.2) is 54.7 Å². The van der Waals surface area contributed by atoms with Crippen LogP contribution in [0.1, 0.15) is 0 Å². The molecule has 1 aliphatic heterocycles. The molecule has 10 heteroatoms. The molecule has 0 bridgehead atoms. The molecule has 0 saturated carbocycles. The van der Waals surface area contributed by atoms with E-state index in [0.29, 0.717) is 28.8 Å². The maximum Gasteiger partial charge on any atom is 0.409 e. The lowest BCUT2D eigenvalue weighted by atomic mass is 10.2. The molecule has 0 radical (unpaired) electrons. The van der Waals surface area contributed by atoms with E-state index in [9.17, 15) is 4.79 Å². The minimum atomic E-state index is -1.13. The molecule has 0 aliphatic carbocycles. The number of benzene rings is 2. The average Bonchev–Trinajstić information content (AvgIpc) is 2.77. The Morgan fingerprint density at radius 1 is 1.03 bits per heavy atom. The summed E-state index contributed by atoms with van der Waals surface area (Å²) in [5, 5.41) is 17.4. The molecule has 0 spiro atoms. The topological polar surface area (TPSA) is 138 Å². The van der Waals surface area contributed by atoms with Gasteiger partial charge >= 0.3 is 6.09 Å². The number of rotatable bonds is 6. The number of hydrogen-bond acceptors (Lipinski definition) is 8. The number of aromatic nitrogens is 2. The van der Waals surface area contributed by atoms with Gasteiger partial charge in [-0.15, -0.1) is 0 Å². The van der Waals surface area contributed by atoms with Crippen LogP contribution in [-0.4, -0.2) is 47.5 Å². The Kier molecular flexibility index (Phi) is 5.99. The number of nitrogens with zero attached hydrogens (tertiary/aromatic N) is 3. The lowest BCUT2D eigenvalue weighted by Gasteiger charge is -2.28. The minimum absolute atomic E-state index is 0.366. The van der Waals surface area contributed by atoms with Crippen LogP contribution in [0.25, 0.3) is 0 Å². The Morgan fingerprint density at radius 3 is 2.52 bits per heavy atom. The zero-order chi connectivity index (χ0) is 21.6. The van der Waals surface area contributed by atoms with Crippen molar-refractivity contribution in [1.29, 1.82) is 0 Å². The van der Waals surface area contributed by atoms with Gasteiger partial charge in [-0.1, -0.05) is 6.07 Å². The summed E-state index contributed by atoms with van der Waals surface area (Å²) in [5.41, 5.74) is 9.44.